The molecule has 0 spiro atoms. The average molecular weight is 206 g/mol. The van der Waals surface area contributed by atoms with Crippen molar-refractivity contribution < 1.29 is 0 Å². The number of hydrogen-bond acceptors (Lipinski definition) is 2. The maximum absolute atomic E-state index is 4.09. The highest BCUT2D eigenvalue weighted by Gasteiger charge is 2.08. The molecule has 2 heteroatoms. The molecule has 0 atom stereocenters. The van der Waals surface area contributed by atoms with E-state index >= 15 is 0 Å². The molecule has 0 aliphatic carbocycles. The Morgan fingerprint density at radius 2 is 2.07 bits per heavy atom. The van der Waals surface area contributed by atoms with E-state index < -0.39 is 0 Å². The predicted octanol–water partition coefficient (Wildman–Crippen LogP) is 2.57. The van der Waals surface area contributed by atoms with Crippen LogP contribution in [-0.4, -0.2) is 18.1 Å². The monoisotopic (exact) mass is 206 g/mol. The van der Waals surface area contributed by atoms with Crippen LogP contribution >= 0.6 is 0 Å². The van der Waals surface area contributed by atoms with Gasteiger partial charge in [-0.05, 0) is 42.5 Å². The third kappa shape index (κ3) is 4.93. The maximum atomic E-state index is 4.09. The standard InChI is InChI=1S/C13H22N2/c1-11-9-14-7-5-12(11)6-8-15-10-13(2,3)4/h5,7,9,15H,6,8,10H2,1-4H3. The quantitative estimate of drug-likeness (QED) is 0.766. The minimum Gasteiger partial charge on any atom is -0.316 e. The summed E-state index contributed by atoms with van der Waals surface area (Å²) in [4.78, 5) is 4.09. The van der Waals surface area contributed by atoms with Crippen LogP contribution in [-0.2, 0) is 6.42 Å². The molecule has 1 aromatic rings. The number of hydrogen-bond donors (Lipinski definition) is 1. The zero-order valence-electron chi connectivity index (χ0n) is 10.3. The Bertz CT molecular complexity index is 300. The normalized spacial score (nSPS) is 11.7. The first-order valence-electron chi connectivity index (χ1n) is 5.59. The third-order valence-electron chi connectivity index (χ3n) is 2.36. The molecule has 0 aromatic carbocycles. The number of aryl methyl sites for hydroxylation is 1. The van der Waals surface area contributed by atoms with Crippen LogP contribution < -0.4 is 5.32 Å². The molecule has 0 amide bonds. The molecular formula is C13H22N2. The van der Waals surface area contributed by atoms with Gasteiger partial charge in [0, 0.05) is 18.9 Å². The molecule has 0 unspecified atom stereocenters. The SMILES string of the molecule is Cc1cnccc1CCNCC(C)(C)C. The molecule has 84 valence electrons. The van der Waals surface area contributed by atoms with Crippen molar-refractivity contribution in [1.82, 2.24) is 10.3 Å². The third-order valence-corrected chi connectivity index (χ3v) is 2.36. The van der Waals surface area contributed by atoms with E-state index in [0.717, 1.165) is 19.5 Å². The van der Waals surface area contributed by atoms with Gasteiger partial charge in [0.2, 0.25) is 0 Å². The van der Waals surface area contributed by atoms with Crippen LogP contribution in [0.1, 0.15) is 31.9 Å². The Morgan fingerprint density at radius 3 is 2.67 bits per heavy atom. The predicted molar refractivity (Wildman–Crippen MR) is 65.0 cm³/mol. The summed E-state index contributed by atoms with van der Waals surface area (Å²) >= 11 is 0. The molecule has 1 N–H and O–H groups in total. The van der Waals surface area contributed by atoms with E-state index in [0.29, 0.717) is 5.41 Å². The Labute approximate surface area is 93.1 Å². The first-order chi connectivity index (χ1) is 6.99. The molecule has 0 saturated heterocycles. The molecule has 0 aliphatic heterocycles. The number of nitrogens with one attached hydrogen (secondary N) is 1. The van der Waals surface area contributed by atoms with Gasteiger partial charge in [-0.1, -0.05) is 20.8 Å². The fraction of sp³-hybridized carbons (Fsp3) is 0.615. The second-order valence-electron chi connectivity index (χ2n) is 5.29. The van der Waals surface area contributed by atoms with Gasteiger partial charge >= 0.3 is 0 Å². The van der Waals surface area contributed by atoms with Gasteiger partial charge in [0.1, 0.15) is 0 Å². The summed E-state index contributed by atoms with van der Waals surface area (Å²) in [7, 11) is 0. The van der Waals surface area contributed by atoms with Crippen LogP contribution in [0.3, 0.4) is 0 Å². The lowest BCUT2D eigenvalue weighted by atomic mass is 9.97. The minimum atomic E-state index is 0.368. The van der Waals surface area contributed by atoms with Gasteiger partial charge in [-0.2, -0.15) is 0 Å². The molecule has 0 radical (unpaired) electrons. The Kier molecular flexibility index (Phi) is 4.28. The van der Waals surface area contributed by atoms with Gasteiger partial charge in [-0.3, -0.25) is 4.98 Å². The van der Waals surface area contributed by atoms with Gasteiger partial charge in [0.25, 0.3) is 0 Å². The van der Waals surface area contributed by atoms with Crippen molar-refractivity contribution in [1.29, 1.82) is 0 Å². The molecule has 0 bridgehead atoms. The maximum Gasteiger partial charge on any atom is 0.0299 e. The van der Waals surface area contributed by atoms with E-state index in [4.69, 9.17) is 0 Å². The zero-order chi connectivity index (χ0) is 11.3. The Hall–Kier alpha value is -0.890. The lowest BCUT2D eigenvalue weighted by Gasteiger charge is -2.18. The zero-order valence-corrected chi connectivity index (χ0v) is 10.3. The van der Waals surface area contributed by atoms with Gasteiger partial charge in [-0.15, -0.1) is 0 Å². The van der Waals surface area contributed by atoms with Crippen molar-refractivity contribution in [3.8, 4) is 0 Å². The van der Waals surface area contributed by atoms with E-state index in [1.165, 1.54) is 11.1 Å². The molecule has 1 aromatic heterocycles. The van der Waals surface area contributed by atoms with Crippen LogP contribution in [0.15, 0.2) is 18.5 Å². The highest BCUT2D eigenvalue weighted by atomic mass is 14.9. The van der Waals surface area contributed by atoms with Crippen molar-refractivity contribution in [2.24, 2.45) is 5.41 Å². The molecule has 0 fully saturated rings. The summed E-state index contributed by atoms with van der Waals surface area (Å²) in [5.74, 6) is 0. The van der Waals surface area contributed by atoms with Crippen LogP contribution in [0.2, 0.25) is 0 Å². The van der Waals surface area contributed by atoms with Gasteiger partial charge < -0.3 is 5.32 Å². The fourth-order valence-electron chi connectivity index (χ4n) is 1.47. The van der Waals surface area contributed by atoms with Gasteiger partial charge in [0.05, 0.1) is 0 Å². The fourth-order valence-corrected chi connectivity index (χ4v) is 1.47. The number of nitrogens with zero attached hydrogens (tertiary/aromatic N) is 1. The van der Waals surface area contributed by atoms with Crippen molar-refractivity contribution in [2.75, 3.05) is 13.1 Å². The molecule has 1 rings (SSSR count). The summed E-state index contributed by atoms with van der Waals surface area (Å²) in [6.07, 6.45) is 4.88. The van der Waals surface area contributed by atoms with E-state index in [9.17, 15) is 0 Å². The van der Waals surface area contributed by atoms with Crippen molar-refractivity contribution in [3.63, 3.8) is 0 Å². The summed E-state index contributed by atoms with van der Waals surface area (Å²) in [5.41, 5.74) is 3.05. The van der Waals surface area contributed by atoms with Crippen molar-refractivity contribution >= 4 is 0 Å². The largest absolute Gasteiger partial charge is 0.316 e. The first-order valence-corrected chi connectivity index (χ1v) is 5.59. The number of aromatic nitrogens is 1. The summed E-state index contributed by atoms with van der Waals surface area (Å²) in [5, 5.41) is 3.48. The summed E-state index contributed by atoms with van der Waals surface area (Å²) < 4.78 is 0. The summed E-state index contributed by atoms with van der Waals surface area (Å²) in [6, 6.07) is 2.11. The average Bonchev–Trinajstić information content (AvgIpc) is 2.13. The molecule has 15 heavy (non-hydrogen) atoms. The molecule has 2 nitrogen and oxygen atoms in total. The second kappa shape index (κ2) is 5.26. The van der Waals surface area contributed by atoms with E-state index in [1.807, 2.05) is 12.4 Å². The highest BCUT2D eigenvalue weighted by molar-refractivity contribution is 5.21. The van der Waals surface area contributed by atoms with Crippen molar-refractivity contribution in [2.45, 2.75) is 34.1 Å². The minimum absolute atomic E-state index is 0.368. The van der Waals surface area contributed by atoms with Crippen LogP contribution in [0, 0.1) is 12.3 Å². The van der Waals surface area contributed by atoms with Gasteiger partial charge in [-0.25, -0.2) is 0 Å². The number of rotatable bonds is 4. The second-order valence-corrected chi connectivity index (χ2v) is 5.29. The lowest BCUT2D eigenvalue weighted by Crippen LogP contribution is -2.28. The van der Waals surface area contributed by atoms with E-state index in [1.54, 1.807) is 0 Å². The molecule has 1 heterocycles. The lowest BCUT2D eigenvalue weighted by molar-refractivity contribution is 0.381. The molecular weight excluding hydrogens is 184 g/mol. The van der Waals surface area contributed by atoms with Crippen LogP contribution in [0.5, 0.6) is 0 Å². The van der Waals surface area contributed by atoms with E-state index in [2.05, 4.69) is 44.1 Å². The van der Waals surface area contributed by atoms with Gasteiger partial charge in [0.15, 0.2) is 0 Å². The van der Waals surface area contributed by atoms with E-state index in [-0.39, 0.29) is 0 Å². The smallest absolute Gasteiger partial charge is 0.0299 e. The Balaban J connectivity index is 2.30. The summed E-state index contributed by atoms with van der Waals surface area (Å²) in [6.45, 7) is 11.0. The number of pyridine rings is 1. The highest BCUT2D eigenvalue weighted by Crippen LogP contribution is 2.10. The molecule has 0 saturated carbocycles. The topological polar surface area (TPSA) is 24.9 Å². The Morgan fingerprint density at radius 1 is 1.33 bits per heavy atom. The first kappa shape index (κ1) is 12.2. The van der Waals surface area contributed by atoms with Crippen LogP contribution in [0.4, 0.5) is 0 Å². The molecule has 0 aliphatic rings. The van der Waals surface area contributed by atoms with Crippen LogP contribution in [0.25, 0.3) is 0 Å². The van der Waals surface area contributed by atoms with Crippen molar-refractivity contribution in [3.05, 3.63) is 29.6 Å².